The second kappa shape index (κ2) is 4.58. The topological polar surface area (TPSA) is 12.9 Å². The summed E-state index contributed by atoms with van der Waals surface area (Å²) in [6, 6.07) is 10.3. The highest BCUT2D eigenvalue weighted by molar-refractivity contribution is 9.08. The van der Waals surface area contributed by atoms with Crippen LogP contribution in [0.5, 0.6) is 0 Å². The molecular formula is C10H9BrClN. The highest BCUT2D eigenvalue weighted by Crippen LogP contribution is 2.14. The zero-order valence-electron chi connectivity index (χ0n) is 6.90. The van der Waals surface area contributed by atoms with Crippen molar-refractivity contribution in [2.24, 2.45) is 0 Å². The summed E-state index contributed by atoms with van der Waals surface area (Å²) in [5.74, 6) is 0. The van der Waals surface area contributed by atoms with Crippen molar-refractivity contribution >= 4 is 39.2 Å². The molecule has 0 aliphatic rings. The fourth-order valence-corrected chi connectivity index (χ4v) is 1.54. The highest BCUT2D eigenvalue weighted by Gasteiger charge is 1.94. The van der Waals surface area contributed by atoms with E-state index in [0.717, 1.165) is 10.8 Å². The van der Waals surface area contributed by atoms with Crippen LogP contribution in [0.1, 0.15) is 5.56 Å². The maximum Gasteiger partial charge on any atom is 0.0704 e. The lowest BCUT2D eigenvalue weighted by Gasteiger charge is -1.98. The van der Waals surface area contributed by atoms with Crippen molar-refractivity contribution in [1.82, 2.24) is 4.98 Å². The molecule has 0 unspecified atom stereocenters. The van der Waals surface area contributed by atoms with Gasteiger partial charge < -0.3 is 0 Å². The van der Waals surface area contributed by atoms with Crippen LogP contribution in [0.25, 0.3) is 10.9 Å². The summed E-state index contributed by atoms with van der Waals surface area (Å²) in [5, 5.41) is 2.08. The van der Waals surface area contributed by atoms with Gasteiger partial charge in [-0.2, -0.15) is 0 Å². The predicted octanol–water partition coefficient (Wildman–Crippen LogP) is 3.55. The van der Waals surface area contributed by atoms with Gasteiger partial charge in [0.1, 0.15) is 0 Å². The molecule has 1 aromatic heterocycles. The number of alkyl halides is 1. The molecule has 0 fully saturated rings. The van der Waals surface area contributed by atoms with Gasteiger partial charge in [-0.25, -0.2) is 0 Å². The van der Waals surface area contributed by atoms with Crippen LogP contribution in [-0.4, -0.2) is 4.98 Å². The molecule has 0 N–H and O–H groups in total. The molecule has 13 heavy (non-hydrogen) atoms. The van der Waals surface area contributed by atoms with Crippen molar-refractivity contribution in [3.05, 3.63) is 42.1 Å². The lowest BCUT2D eigenvalue weighted by molar-refractivity contribution is 1.38. The Morgan fingerprint density at radius 2 is 2.08 bits per heavy atom. The molecule has 0 saturated carbocycles. The summed E-state index contributed by atoms with van der Waals surface area (Å²) in [4.78, 5) is 4.27. The Kier molecular flexibility index (Phi) is 3.70. The van der Waals surface area contributed by atoms with Crippen molar-refractivity contribution in [3.8, 4) is 0 Å². The van der Waals surface area contributed by atoms with Crippen molar-refractivity contribution in [2.45, 2.75) is 5.33 Å². The van der Waals surface area contributed by atoms with Crippen LogP contribution in [0, 0.1) is 0 Å². The number of pyridine rings is 1. The molecule has 0 saturated heterocycles. The lowest BCUT2D eigenvalue weighted by Crippen LogP contribution is -1.80. The van der Waals surface area contributed by atoms with E-state index in [-0.39, 0.29) is 12.4 Å². The summed E-state index contributed by atoms with van der Waals surface area (Å²) < 4.78 is 0. The third-order valence-electron chi connectivity index (χ3n) is 1.82. The summed E-state index contributed by atoms with van der Waals surface area (Å²) in [6.07, 6.45) is 1.82. The van der Waals surface area contributed by atoms with E-state index in [1.807, 2.05) is 12.3 Å². The fourth-order valence-electron chi connectivity index (χ4n) is 1.20. The van der Waals surface area contributed by atoms with Gasteiger partial charge in [0, 0.05) is 16.9 Å². The molecule has 68 valence electrons. The van der Waals surface area contributed by atoms with Gasteiger partial charge in [0.15, 0.2) is 0 Å². The molecule has 3 heteroatoms. The van der Waals surface area contributed by atoms with E-state index in [1.165, 1.54) is 10.9 Å². The minimum absolute atomic E-state index is 0. The number of nitrogens with zero attached hydrogens (tertiary/aromatic N) is 1. The maximum atomic E-state index is 4.27. The van der Waals surface area contributed by atoms with Crippen molar-refractivity contribution in [2.75, 3.05) is 0 Å². The van der Waals surface area contributed by atoms with E-state index in [2.05, 4.69) is 45.2 Å². The Morgan fingerprint density at radius 3 is 2.85 bits per heavy atom. The Morgan fingerprint density at radius 1 is 1.23 bits per heavy atom. The number of hydrogen-bond donors (Lipinski definition) is 0. The van der Waals surface area contributed by atoms with Gasteiger partial charge in [-0.1, -0.05) is 34.1 Å². The van der Waals surface area contributed by atoms with Gasteiger partial charge >= 0.3 is 0 Å². The fraction of sp³-hybridized carbons (Fsp3) is 0.100. The van der Waals surface area contributed by atoms with E-state index in [1.54, 1.807) is 0 Å². The van der Waals surface area contributed by atoms with Crippen LogP contribution in [0.15, 0.2) is 36.5 Å². The number of benzene rings is 1. The van der Waals surface area contributed by atoms with Gasteiger partial charge in [-0.3, -0.25) is 4.98 Å². The van der Waals surface area contributed by atoms with Crippen molar-refractivity contribution in [1.29, 1.82) is 0 Å². The normalized spacial score (nSPS) is 9.62. The van der Waals surface area contributed by atoms with E-state index in [9.17, 15) is 0 Å². The summed E-state index contributed by atoms with van der Waals surface area (Å²) >= 11 is 3.42. The minimum atomic E-state index is 0. The standard InChI is InChI=1S/C10H8BrN.ClH/c11-7-8-3-4-9-2-1-5-12-10(9)6-8;/h1-6H,7H2;1H. The van der Waals surface area contributed by atoms with Gasteiger partial charge in [0.05, 0.1) is 5.52 Å². The van der Waals surface area contributed by atoms with Crippen molar-refractivity contribution in [3.63, 3.8) is 0 Å². The molecule has 0 bridgehead atoms. The quantitative estimate of drug-likeness (QED) is 0.713. The summed E-state index contributed by atoms with van der Waals surface area (Å²) in [7, 11) is 0. The van der Waals surface area contributed by atoms with Gasteiger partial charge in [-0.15, -0.1) is 12.4 Å². The molecule has 0 spiro atoms. The molecule has 0 atom stereocenters. The average molecular weight is 259 g/mol. The van der Waals surface area contributed by atoms with Crippen LogP contribution in [-0.2, 0) is 5.33 Å². The zero-order chi connectivity index (χ0) is 8.39. The molecule has 0 aliphatic carbocycles. The number of aromatic nitrogens is 1. The smallest absolute Gasteiger partial charge is 0.0704 e. The van der Waals surface area contributed by atoms with Crippen LogP contribution in [0.3, 0.4) is 0 Å². The zero-order valence-corrected chi connectivity index (χ0v) is 9.31. The summed E-state index contributed by atoms with van der Waals surface area (Å²) in [5.41, 5.74) is 2.33. The van der Waals surface area contributed by atoms with Crippen LogP contribution >= 0.6 is 28.3 Å². The molecule has 0 aliphatic heterocycles. The van der Waals surface area contributed by atoms with Crippen molar-refractivity contribution < 1.29 is 0 Å². The molecule has 0 amide bonds. The molecule has 2 rings (SSSR count). The van der Waals surface area contributed by atoms with Crippen LogP contribution < -0.4 is 0 Å². The Labute approximate surface area is 91.7 Å². The number of halogens is 2. The minimum Gasteiger partial charge on any atom is -0.256 e. The third-order valence-corrected chi connectivity index (χ3v) is 2.47. The number of hydrogen-bond acceptors (Lipinski definition) is 1. The third kappa shape index (κ3) is 2.20. The number of rotatable bonds is 1. The average Bonchev–Trinajstić information content (AvgIpc) is 2.17. The van der Waals surface area contributed by atoms with Gasteiger partial charge in [-0.05, 0) is 17.7 Å². The van der Waals surface area contributed by atoms with E-state index < -0.39 is 0 Å². The first kappa shape index (κ1) is 10.5. The van der Waals surface area contributed by atoms with E-state index in [0.29, 0.717) is 0 Å². The number of fused-ring (bicyclic) bond motifs is 1. The Hall–Kier alpha value is -0.600. The van der Waals surface area contributed by atoms with Crippen LogP contribution in [0.2, 0.25) is 0 Å². The molecule has 2 aromatic rings. The monoisotopic (exact) mass is 257 g/mol. The van der Waals surface area contributed by atoms with Crippen LogP contribution in [0.4, 0.5) is 0 Å². The summed E-state index contributed by atoms with van der Waals surface area (Å²) in [6.45, 7) is 0. The highest BCUT2D eigenvalue weighted by atomic mass is 79.9. The molecule has 1 aromatic carbocycles. The Balaban J connectivity index is 0.000000845. The molecule has 1 heterocycles. The lowest BCUT2D eigenvalue weighted by atomic mass is 10.1. The van der Waals surface area contributed by atoms with E-state index >= 15 is 0 Å². The predicted molar refractivity (Wildman–Crippen MR) is 61.6 cm³/mol. The first-order valence-corrected chi connectivity index (χ1v) is 4.92. The largest absolute Gasteiger partial charge is 0.256 e. The van der Waals surface area contributed by atoms with E-state index in [4.69, 9.17) is 0 Å². The SMILES string of the molecule is BrCc1ccc2cccnc2c1.Cl. The second-order valence-corrected chi connectivity index (χ2v) is 3.22. The maximum absolute atomic E-state index is 4.27. The first-order valence-electron chi connectivity index (χ1n) is 3.80. The first-order chi connectivity index (χ1) is 5.90. The molecular weight excluding hydrogens is 249 g/mol. The molecule has 1 nitrogen and oxygen atoms in total. The second-order valence-electron chi connectivity index (χ2n) is 2.66. The van der Waals surface area contributed by atoms with Gasteiger partial charge in [0.2, 0.25) is 0 Å². The Bertz CT molecular complexity index is 403. The van der Waals surface area contributed by atoms with Gasteiger partial charge in [0.25, 0.3) is 0 Å². The molecule has 0 radical (unpaired) electrons.